The number of ketones is 1. The number of halogens is 24. The van der Waals surface area contributed by atoms with Crippen molar-refractivity contribution in [3.8, 4) is 0 Å². The Morgan fingerprint density at radius 3 is 0.769 bits per heavy atom. The summed E-state index contributed by atoms with van der Waals surface area (Å²) in [6.45, 7) is 0. The number of rotatable bonds is 11. The average molecular weight is 1330 g/mol. The second-order valence-corrected chi connectivity index (χ2v) is 24.4. The van der Waals surface area contributed by atoms with Crippen molar-refractivity contribution in [1.29, 1.82) is 0 Å². The van der Waals surface area contributed by atoms with Gasteiger partial charge in [0.2, 0.25) is 5.78 Å². The van der Waals surface area contributed by atoms with Crippen molar-refractivity contribution in [3.05, 3.63) is 213 Å². The number of benzene rings is 7. The molecule has 0 N–H and O–H groups in total. The molecule has 27 heteroatoms. The Kier molecular flexibility index (Phi) is 20.1. The van der Waals surface area contributed by atoms with Crippen molar-refractivity contribution in [2.75, 3.05) is 5.75 Å². The lowest BCUT2D eigenvalue weighted by Crippen LogP contribution is -2.75. The Labute approximate surface area is 507 Å². The zero-order valence-electron chi connectivity index (χ0n) is 46.8. The van der Waals surface area contributed by atoms with Crippen LogP contribution in [0.5, 0.6) is 0 Å². The van der Waals surface area contributed by atoms with Crippen LogP contribution in [0.1, 0.15) is 142 Å². The van der Waals surface area contributed by atoms with Gasteiger partial charge in [0, 0.05) is 5.56 Å². The van der Waals surface area contributed by atoms with Gasteiger partial charge in [0.05, 0.1) is 55.4 Å². The van der Waals surface area contributed by atoms with Gasteiger partial charge in [-0.3, -0.25) is 4.79 Å². The van der Waals surface area contributed by atoms with E-state index in [-0.39, 0.29) is 16.7 Å². The summed E-state index contributed by atoms with van der Waals surface area (Å²) in [6.07, 6.45) is -41.3. The predicted molar refractivity (Wildman–Crippen MR) is 294 cm³/mol. The molecule has 0 aliphatic heterocycles. The molecule has 91 heavy (non-hydrogen) atoms. The van der Waals surface area contributed by atoms with E-state index in [1.54, 1.807) is 0 Å². The van der Waals surface area contributed by atoms with Gasteiger partial charge in [-0.1, -0.05) is 142 Å². The molecule has 0 unspecified atom stereocenters. The third-order valence-electron chi connectivity index (χ3n) is 16.3. The summed E-state index contributed by atoms with van der Waals surface area (Å²) in [5.74, 6) is 2.20. The quantitative estimate of drug-likeness (QED) is 0.0546. The molecule has 0 saturated heterocycles. The van der Waals surface area contributed by atoms with Crippen molar-refractivity contribution in [1.82, 2.24) is 0 Å². The molecule has 0 amide bonds. The number of alkyl halides is 24. The minimum Gasteiger partial charge on any atom is -0.289 e. The first-order chi connectivity index (χ1) is 42.0. The Morgan fingerprint density at radius 1 is 0.319 bits per heavy atom. The Hall–Kier alpha value is -7.06. The molecule has 0 atom stereocenters. The molecule has 2 aliphatic carbocycles. The van der Waals surface area contributed by atoms with Crippen molar-refractivity contribution >= 4 is 44.7 Å². The third kappa shape index (κ3) is 16.6. The largest absolute Gasteiger partial charge is 0.416 e. The van der Waals surface area contributed by atoms with Gasteiger partial charge in [0.15, 0.2) is 15.5 Å². The van der Waals surface area contributed by atoms with Crippen LogP contribution < -0.4 is 21.9 Å². The topological polar surface area (TPSA) is 17.1 Å². The van der Waals surface area contributed by atoms with Crippen LogP contribution >= 0.6 is 0 Å². The number of hydrogen-bond donors (Lipinski definition) is 0. The molecule has 2 fully saturated rings. The molecular weight excluding hydrogens is 1280 g/mol. The summed E-state index contributed by atoms with van der Waals surface area (Å²) in [5.41, 5.74) is -26.4. The molecule has 2 aliphatic rings. The van der Waals surface area contributed by atoms with E-state index in [0.29, 0.717) is 17.6 Å². The van der Waals surface area contributed by atoms with E-state index in [4.69, 9.17) is 0 Å². The molecule has 7 aromatic rings. The maximum atomic E-state index is 14.2. The third-order valence-corrected chi connectivity index (χ3v) is 18.5. The average Bonchev–Trinajstić information content (AvgIpc) is 0.717. The van der Waals surface area contributed by atoms with Crippen LogP contribution in [0.2, 0.25) is 0 Å². The maximum absolute atomic E-state index is 14.2. The highest BCUT2D eigenvalue weighted by Crippen LogP contribution is 2.43. The first-order valence-corrected chi connectivity index (χ1v) is 29.3. The highest BCUT2D eigenvalue weighted by molar-refractivity contribution is 7.97. The molecule has 7 aromatic carbocycles. The monoisotopic (exact) mass is 1330 g/mol. The highest BCUT2D eigenvalue weighted by Gasteiger charge is 2.47. The molecule has 0 radical (unpaired) electrons. The summed E-state index contributed by atoms with van der Waals surface area (Å²) in [4.78, 5) is 15.8. The molecule has 0 spiro atoms. The van der Waals surface area contributed by atoms with Gasteiger partial charge in [-0.2, -0.15) is 127 Å². The van der Waals surface area contributed by atoms with E-state index < -0.39 is 195 Å². The van der Waals surface area contributed by atoms with E-state index >= 15 is 0 Å². The van der Waals surface area contributed by atoms with Gasteiger partial charge in [-0.25, -0.2) is 0 Å². The summed E-state index contributed by atoms with van der Waals surface area (Å²) in [7, 11) is -0.258. The molecule has 488 valence electrons. The van der Waals surface area contributed by atoms with Gasteiger partial charge in [0.25, 0.3) is 0 Å². The molecule has 1 nitrogen and oxygen atoms in total. The molecule has 0 heterocycles. The summed E-state index contributed by atoms with van der Waals surface area (Å²) in [5, 5.41) is 0. The number of Topliss-reactive ketones (excluding diaryl/α,β-unsaturated/α-hetero) is 1. The van der Waals surface area contributed by atoms with Crippen molar-refractivity contribution < 1.29 is 110 Å². The first-order valence-electron chi connectivity index (χ1n) is 27.9. The van der Waals surface area contributed by atoms with Gasteiger partial charge >= 0.3 is 49.4 Å². The summed E-state index contributed by atoms with van der Waals surface area (Å²) >= 11 is 0. The van der Waals surface area contributed by atoms with E-state index in [2.05, 4.69) is 48.5 Å². The van der Waals surface area contributed by atoms with Crippen LogP contribution in [0.25, 0.3) is 0 Å². The lowest BCUT2D eigenvalue weighted by Gasteiger charge is -2.46. The lowest BCUT2D eigenvalue weighted by atomic mass is 9.12. The molecule has 0 aromatic heterocycles. The normalized spacial score (nSPS) is 15.6. The zero-order chi connectivity index (χ0) is 67.1. The number of hydrogen-bond acceptors (Lipinski definition) is 1. The fourth-order valence-electron chi connectivity index (χ4n) is 11.9. The molecule has 0 bridgehead atoms. The Morgan fingerprint density at radius 2 is 0.549 bits per heavy atom. The van der Waals surface area contributed by atoms with Crippen molar-refractivity contribution in [2.24, 2.45) is 0 Å². The minimum atomic E-state index is -6.13. The maximum Gasteiger partial charge on any atom is 0.416 e. The first kappa shape index (κ1) is 69.8. The van der Waals surface area contributed by atoms with Crippen LogP contribution in [-0.4, -0.2) is 17.7 Å². The summed E-state index contributed by atoms with van der Waals surface area (Å²) < 4.78 is 341. The number of carbonyl (C=O) groups excluding carboxylic acids is 1. The lowest BCUT2D eigenvalue weighted by molar-refractivity contribution is -0.144. The van der Waals surface area contributed by atoms with Gasteiger partial charge < -0.3 is 0 Å². The standard InChI is InChI=1S/C32H12BF24.C32H37OS/c34-25(35,36)13-1-14(26(37,38)39)6-21(5-13)33(22-7-15(27(40,41)42)2-16(8-22)28(43,44)45,23-9-17(29(46,47)48)3-18(10-23)30(49,50)51)24-11-19(31(52,53)54)4-20(12-24)32(55,56)57;33-32(29-14-8-3-9-15-29)24-34(30-20-16-27(17-21-30)25-10-4-1-5-11-25)31-22-18-28(19-23-31)26-12-6-2-7-13-26/h1-12H;3,8-9,14-23,25-26H,1-2,4-7,10-13,24H2/q-1;+1. The van der Waals surface area contributed by atoms with Crippen LogP contribution in [0.3, 0.4) is 0 Å². The van der Waals surface area contributed by atoms with Crippen molar-refractivity contribution in [3.63, 3.8) is 0 Å². The molecule has 9 rings (SSSR count). The van der Waals surface area contributed by atoms with E-state index in [0.717, 1.165) is 5.56 Å². The van der Waals surface area contributed by atoms with Crippen LogP contribution in [0.4, 0.5) is 105 Å². The van der Waals surface area contributed by atoms with Gasteiger partial charge in [-0.05, 0) is 97.2 Å². The van der Waals surface area contributed by atoms with Gasteiger partial charge in [0.1, 0.15) is 6.15 Å². The predicted octanol–water partition coefficient (Wildman–Crippen LogP) is 19.9. The SMILES string of the molecule is FC(F)(F)c1cc([B-](c2cc(C(F)(F)F)cc(C(F)(F)F)c2)(c2cc(C(F)(F)F)cc(C(F)(F)F)c2)c2cc(C(F)(F)F)cc(C(F)(F)F)c2)cc(C(F)(F)F)c1.O=C(C[S+](c1ccc(C2CCCCC2)cc1)c1ccc(C2CCCCC2)cc1)c1ccccc1. The van der Waals surface area contributed by atoms with Crippen LogP contribution in [-0.2, 0) is 60.3 Å². The van der Waals surface area contributed by atoms with Crippen LogP contribution in [0, 0.1) is 0 Å². The molecule has 2 saturated carbocycles. The fourth-order valence-corrected chi connectivity index (χ4v) is 13.9. The van der Waals surface area contributed by atoms with E-state index in [9.17, 15) is 110 Å². The second kappa shape index (κ2) is 26.1. The number of carbonyl (C=O) groups is 1. The molecular formula is C64H49BF24OS. The minimum absolute atomic E-state index is 0.233. The van der Waals surface area contributed by atoms with Gasteiger partial charge in [-0.15, -0.1) is 0 Å². The Bertz CT molecular complexity index is 3160. The smallest absolute Gasteiger partial charge is 0.289 e. The van der Waals surface area contributed by atoms with Crippen LogP contribution in [0.15, 0.2) is 161 Å². The highest BCUT2D eigenvalue weighted by atomic mass is 32.2. The fraction of sp³-hybridized carbons (Fsp3) is 0.328. The van der Waals surface area contributed by atoms with E-state index in [1.807, 2.05) is 30.3 Å². The van der Waals surface area contributed by atoms with Crippen molar-refractivity contribution in [2.45, 2.75) is 135 Å². The zero-order valence-corrected chi connectivity index (χ0v) is 47.6. The summed E-state index contributed by atoms with van der Waals surface area (Å²) in [6, 6.07) is 19.6. The second-order valence-electron chi connectivity index (χ2n) is 22.4. The Balaban J connectivity index is 0.000000265. The van der Waals surface area contributed by atoms with E-state index in [1.165, 1.54) is 85.1 Å².